The van der Waals surface area contributed by atoms with E-state index < -0.39 is 15.9 Å². The van der Waals surface area contributed by atoms with Crippen LogP contribution in [0.25, 0.3) is 5.69 Å². The predicted octanol–water partition coefficient (Wildman–Crippen LogP) is 7.01. The average Bonchev–Trinajstić information content (AvgIpc) is 3.39. The van der Waals surface area contributed by atoms with Crippen LogP contribution >= 0.6 is 23.2 Å². The second kappa shape index (κ2) is 12.1. The van der Waals surface area contributed by atoms with Gasteiger partial charge in [0.15, 0.2) is 0 Å². The normalized spacial score (nSPS) is 11.2. The zero-order valence-electron chi connectivity index (χ0n) is 21.7. The molecule has 0 unspecified atom stereocenters. The summed E-state index contributed by atoms with van der Waals surface area (Å²) in [5.74, 6) is 1.17. The van der Waals surface area contributed by atoms with Crippen LogP contribution < -0.4 is 14.8 Å². The number of carbonyl (C=O) groups is 1. The van der Waals surface area contributed by atoms with E-state index in [0.29, 0.717) is 16.5 Å². The molecule has 0 aliphatic rings. The smallest absolute Gasteiger partial charge is 0.261 e. The lowest BCUT2D eigenvalue weighted by atomic mass is 10.1. The molecule has 208 valence electrons. The van der Waals surface area contributed by atoms with Crippen molar-refractivity contribution in [1.82, 2.24) is 14.9 Å². The fourth-order valence-corrected chi connectivity index (χ4v) is 5.56. The number of nitrogens with one attached hydrogen (secondary N) is 2. The van der Waals surface area contributed by atoms with Crippen LogP contribution in [-0.4, -0.2) is 23.9 Å². The minimum absolute atomic E-state index is 0.0186. The van der Waals surface area contributed by atoms with Gasteiger partial charge in [0.05, 0.1) is 26.9 Å². The highest BCUT2D eigenvalue weighted by atomic mass is 35.5. The van der Waals surface area contributed by atoms with Crippen molar-refractivity contribution in [2.24, 2.45) is 0 Å². The van der Waals surface area contributed by atoms with Gasteiger partial charge in [0.1, 0.15) is 17.3 Å². The topological polar surface area (TPSA) is 102 Å². The number of aryl methyl sites for hydroxylation is 1. The van der Waals surface area contributed by atoms with Gasteiger partial charge in [-0.1, -0.05) is 53.5 Å². The van der Waals surface area contributed by atoms with Crippen LogP contribution in [-0.2, 0) is 16.6 Å². The third-order valence-electron chi connectivity index (χ3n) is 6.19. The van der Waals surface area contributed by atoms with E-state index in [0.717, 1.165) is 17.1 Å². The fourth-order valence-electron chi connectivity index (χ4n) is 4.14. The number of hydrogen-bond donors (Lipinski definition) is 2. The molecule has 0 spiro atoms. The lowest BCUT2D eigenvalue weighted by molar-refractivity contribution is 0.0952. The molecular formula is C30H24Cl2N4O4S. The number of amides is 1. The molecule has 0 saturated heterocycles. The van der Waals surface area contributed by atoms with Crippen LogP contribution in [0.15, 0.2) is 108 Å². The molecule has 0 aliphatic heterocycles. The van der Waals surface area contributed by atoms with Gasteiger partial charge >= 0.3 is 0 Å². The van der Waals surface area contributed by atoms with Crippen LogP contribution in [0.4, 0.5) is 5.69 Å². The summed E-state index contributed by atoms with van der Waals surface area (Å²) in [6.45, 7) is 2.08. The van der Waals surface area contributed by atoms with Gasteiger partial charge in [-0.2, -0.15) is 0 Å². The van der Waals surface area contributed by atoms with E-state index in [1.807, 2.05) is 42.0 Å². The second-order valence-corrected chi connectivity index (χ2v) is 11.5. The van der Waals surface area contributed by atoms with E-state index in [-0.39, 0.29) is 27.7 Å². The Bertz CT molecular complexity index is 1820. The summed E-state index contributed by atoms with van der Waals surface area (Å²) in [6.07, 6.45) is 3.55. The van der Waals surface area contributed by atoms with E-state index in [4.69, 9.17) is 27.9 Å². The van der Waals surface area contributed by atoms with Gasteiger partial charge in [-0.25, -0.2) is 13.4 Å². The van der Waals surface area contributed by atoms with E-state index in [2.05, 4.69) is 15.0 Å². The van der Waals surface area contributed by atoms with E-state index in [1.54, 1.807) is 30.5 Å². The zero-order chi connectivity index (χ0) is 29.0. The number of anilines is 1. The molecule has 0 aliphatic carbocycles. The minimum Gasteiger partial charge on any atom is -0.456 e. The molecule has 0 bridgehead atoms. The first-order valence-corrected chi connectivity index (χ1v) is 14.7. The number of halogens is 2. The van der Waals surface area contributed by atoms with Crippen molar-refractivity contribution in [2.75, 3.05) is 4.72 Å². The van der Waals surface area contributed by atoms with Gasteiger partial charge < -0.3 is 14.6 Å². The predicted molar refractivity (Wildman–Crippen MR) is 160 cm³/mol. The SMILES string of the molecule is Cc1nccn1-c1ccccc1CNC(=O)c1cc(Cl)ccc1NS(=O)(=O)c1ccc(Oc2ccccc2Cl)cc1. The Labute approximate surface area is 247 Å². The van der Waals surface area contributed by atoms with Crippen LogP contribution in [0, 0.1) is 6.92 Å². The zero-order valence-corrected chi connectivity index (χ0v) is 24.0. The molecule has 5 rings (SSSR count). The highest BCUT2D eigenvalue weighted by Gasteiger charge is 2.20. The van der Waals surface area contributed by atoms with Crippen LogP contribution in [0.5, 0.6) is 11.5 Å². The third-order valence-corrected chi connectivity index (χ3v) is 8.11. The van der Waals surface area contributed by atoms with E-state index in [9.17, 15) is 13.2 Å². The first kappa shape index (κ1) is 28.2. The summed E-state index contributed by atoms with van der Waals surface area (Å²) in [5.41, 5.74) is 1.89. The number of imidazole rings is 1. The van der Waals surface area contributed by atoms with Crippen LogP contribution in [0.2, 0.25) is 10.0 Å². The van der Waals surface area contributed by atoms with E-state index >= 15 is 0 Å². The highest BCUT2D eigenvalue weighted by Crippen LogP contribution is 2.30. The van der Waals surface area contributed by atoms with Gasteiger partial charge in [-0.3, -0.25) is 9.52 Å². The molecule has 1 heterocycles. The van der Waals surface area contributed by atoms with Gasteiger partial charge in [-0.15, -0.1) is 0 Å². The molecule has 0 fully saturated rings. The molecule has 8 nitrogen and oxygen atoms in total. The largest absolute Gasteiger partial charge is 0.456 e. The van der Waals surface area contributed by atoms with Crippen molar-refractivity contribution in [3.05, 3.63) is 130 Å². The third kappa shape index (κ3) is 6.54. The molecule has 11 heteroatoms. The van der Waals surface area contributed by atoms with Gasteiger partial charge in [0.25, 0.3) is 15.9 Å². The average molecular weight is 608 g/mol. The monoisotopic (exact) mass is 606 g/mol. The lowest BCUT2D eigenvalue weighted by Gasteiger charge is -2.15. The highest BCUT2D eigenvalue weighted by molar-refractivity contribution is 7.92. The summed E-state index contributed by atoms with van der Waals surface area (Å²) in [5, 5.41) is 3.59. The fraction of sp³-hybridized carbons (Fsp3) is 0.0667. The standard InChI is InChI=1S/C30H24Cl2N4O4S/c1-20-33-16-17-36(20)28-8-4-2-6-21(28)19-34-30(37)25-18-22(31)10-15-27(25)35-41(38,39)24-13-11-23(12-14-24)40-29-9-5-3-7-26(29)32/h2-18,35H,19H2,1H3,(H,34,37). The Kier molecular flexibility index (Phi) is 8.30. The summed E-state index contributed by atoms with van der Waals surface area (Å²) in [7, 11) is -4.05. The summed E-state index contributed by atoms with van der Waals surface area (Å²) in [4.78, 5) is 17.5. The van der Waals surface area contributed by atoms with Crippen molar-refractivity contribution < 1.29 is 17.9 Å². The van der Waals surface area contributed by atoms with Gasteiger partial charge in [-0.05, 0) is 73.2 Å². The Morgan fingerprint density at radius 2 is 1.68 bits per heavy atom. The van der Waals surface area contributed by atoms with Crippen molar-refractivity contribution in [3.63, 3.8) is 0 Å². The van der Waals surface area contributed by atoms with Crippen molar-refractivity contribution in [1.29, 1.82) is 0 Å². The van der Waals surface area contributed by atoms with Crippen molar-refractivity contribution >= 4 is 44.8 Å². The molecular weight excluding hydrogens is 583 g/mol. The molecule has 5 aromatic rings. The number of aromatic nitrogens is 2. The number of ether oxygens (including phenoxy) is 1. The van der Waals surface area contributed by atoms with Crippen molar-refractivity contribution in [2.45, 2.75) is 18.4 Å². The second-order valence-electron chi connectivity index (χ2n) is 8.96. The number of para-hydroxylation sites is 2. The molecule has 4 aromatic carbocycles. The molecule has 41 heavy (non-hydrogen) atoms. The molecule has 1 aromatic heterocycles. The number of sulfonamides is 1. The molecule has 0 radical (unpaired) electrons. The quantitative estimate of drug-likeness (QED) is 0.188. The number of rotatable bonds is 9. The maximum atomic E-state index is 13.3. The summed E-state index contributed by atoms with van der Waals surface area (Å²) >= 11 is 12.3. The van der Waals surface area contributed by atoms with Gasteiger partial charge in [0, 0.05) is 24.0 Å². The molecule has 2 N–H and O–H groups in total. The Morgan fingerprint density at radius 3 is 2.41 bits per heavy atom. The lowest BCUT2D eigenvalue weighted by Crippen LogP contribution is -2.25. The molecule has 0 saturated carbocycles. The Morgan fingerprint density at radius 1 is 0.951 bits per heavy atom. The molecule has 0 atom stereocenters. The van der Waals surface area contributed by atoms with Crippen LogP contribution in [0.3, 0.4) is 0 Å². The Balaban J connectivity index is 1.33. The Hall–Kier alpha value is -4.31. The maximum Gasteiger partial charge on any atom is 0.261 e. The first-order chi connectivity index (χ1) is 19.7. The maximum absolute atomic E-state index is 13.3. The van der Waals surface area contributed by atoms with Crippen molar-refractivity contribution in [3.8, 4) is 17.2 Å². The summed E-state index contributed by atoms with van der Waals surface area (Å²) in [6, 6.07) is 24.8. The first-order valence-electron chi connectivity index (χ1n) is 12.4. The number of benzene rings is 4. The molecule has 1 amide bonds. The number of carbonyl (C=O) groups excluding carboxylic acids is 1. The summed E-state index contributed by atoms with van der Waals surface area (Å²) < 4.78 is 36.6. The number of nitrogens with zero attached hydrogens (tertiary/aromatic N) is 2. The van der Waals surface area contributed by atoms with Crippen LogP contribution in [0.1, 0.15) is 21.7 Å². The van der Waals surface area contributed by atoms with Gasteiger partial charge in [0.2, 0.25) is 0 Å². The number of hydrogen-bond acceptors (Lipinski definition) is 5. The minimum atomic E-state index is -4.05. The van der Waals surface area contributed by atoms with E-state index in [1.165, 1.54) is 42.5 Å².